The second-order valence-electron chi connectivity index (χ2n) is 6.74. The van der Waals surface area contributed by atoms with Crippen LogP contribution in [0.2, 0.25) is 0 Å². The number of ketones is 1. The number of aromatic nitrogens is 3. The van der Waals surface area contributed by atoms with E-state index < -0.39 is 0 Å². The first-order valence-electron chi connectivity index (χ1n) is 9.05. The topological polar surface area (TPSA) is 90.0 Å². The number of benzene rings is 1. The van der Waals surface area contributed by atoms with Gasteiger partial charge in [0, 0.05) is 24.7 Å². The SMILES string of the molecule is Cc1occc1-c1nnc(SCC(=O)c2ccc3c(c2)CCCC(=O)N3)n1C. The molecule has 28 heavy (non-hydrogen) atoms. The van der Waals surface area contributed by atoms with E-state index in [1.54, 1.807) is 12.3 Å². The Morgan fingerprint density at radius 2 is 2.14 bits per heavy atom. The number of aryl methyl sites for hydroxylation is 2. The number of nitrogens with one attached hydrogen (secondary N) is 1. The van der Waals surface area contributed by atoms with Crippen molar-refractivity contribution in [3.05, 3.63) is 47.4 Å². The molecule has 1 N–H and O–H groups in total. The summed E-state index contributed by atoms with van der Waals surface area (Å²) in [4.78, 5) is 24.3. The van der Waals surface area contributed by atoms with Crippen LogP contribution in [-0.2, 0) is 18.3 Å². The van der Waals surface area contributed by atoms with Gasteiger partial charge in [0.25, 0.3) is 0 Å². The number of carbonyl (C=O) groups is 2. The van der Waals surface area contributed by atoms with E-state index in [1.807, 2.05) is 36.7 Å². The van der Waals surface area contributed by atoms with Gasteiger partial charge in [-0.1, -0.05) is 11.8 Å². The van der Waals surface area contributed by atoms with E-state index in [0.717, 1.165) is 35.4 Å². The normalized spacial score (nSPS) is 13.7. The highest BCUT2D eigenvalue weighted by molar-refractivity contribution is 7.99. The molecule has 0 spiro atoms. The Kier molecular flexibility index (Phi) is 5.04. The molecule has 144 valence electrons. The van der Waals surface area contributed by atoms with Gasteiger partial charge >= 0.3 is 0 Å². The van der Waals surface area contributed by atoms with Crippen LogP contribution < -0.4 is 5.32 Å². The van der Waals surface area contributed by atoms with E-state index in [2.05, 4.69) is 15.5 Å². The number of hydrogen-bond acceptors (Lipinski definition) is 6. The number of thioether (sulfide) groups is 1. The van der Waals surface area contributed by atoms with Crippen molar-refractivity contribution >= 4 is 29.1 Å². The fourth-order valence-corrected chi connectivity index (χ4v) is 4.06. The molecule has 0 aliphatic carbocycles. The fourth-order valence-electron chi connectivity index (χ4n) is 3.25. The molecule has 1 aromatic carbocycles. The van der Waals surface area contributed by atoms with Crippen molar-refractivity contribution in [3.8, 4) is 11.4 Å². The summed E-state index contributed by atoms with van der Waals surface area (Å²) in [5.41, 5.74) is 3.36. The number of amides is 1. The van der Waals surface area contributed by atoms with E-state index in [-0.39, 0.29) is 17.4 Å². The summed E-state index contributed by atoms with van der Waals surface area (Å²) >= 11 is 1.36. The lowest BCUT2D eigenvalue weighted by atomic mass is 10.0. The summed E-state index contributed by atoms with van der Waals surface area (Å²) in [7, 11) is 1.87. The van der Waals surface area contributed by atoms with Crippen molar-refractivity contribution in [2.24, 2.45) is 7.05 Å². The lowest BCUT2D eigenvalue weighted by molar-refractivity contribution is -0.116. The van der Waals surface area contributed by atoms with Crippen LogP contribution >= 0.6 is 11.8 Å². The highest BCUT2D eigenvalue weighted by atomic mass is 32.2. The number of hydrogen-bond donors (Lipinski definition) is 1. The molecule has 7 nitrogen and oxygen atoms in total. The number of carbonyl (C=O) groups excluding carboxylic acids is 2. The van der Waals surface area contributed by atoms with Gasteiger partial charge in [-0.2, -0.15) is 0 Å². The molecule has 8 heteroatoms. The van der Waals surface area contributed by atoms with Crippen LogP contribution in [0.25, 0.3) is 11.4 Å². The van der Waals surface area contributed by atoms with Gasteiger partial charge in [-0.3, -0.25) is 9.59 Å². The summed E-state index contributed by atoms with van der Waals surface area (Å²) in [6.45, 7) is 1.88. The maximum absolute atomic E-state index is 12.7. The van der Waals surface area contributed by atoms with E-state index in [9.17, 15) is 9.59 Å². The highest BCUT2D eigenvalue weighted by Crippen LogP contribution is 2.27. The summed E-state index contributed by atoms with van der Waals surface area (Å²) in [5.74, 6) is 1.80. The third-order valence-corrected chi connectivity index (χ3v) is 5.84. The molecular weight excluding hydrogens is 376 g/mol. The second-order valence-corrected chi connectivity index (χ2v) is 7.68. The maximum atomic E-state index is 12.7. The minimum absolute atomic E-state index is 0.0208. The van der Waals surface area contributed by atoms with E-state index in [0.29, 0.717) is 23.0 Å². The van der Waals surface area contributed by atoms with Gasteiger partial charge in [-0.05, 0) is 49.6 Å². The van der Waals surface area contributed by atoms with Crippen molar-refractivity contribution in [1.29, 1.82) is 0 Å². The van der Waals surface area contributed by atoms with E-state index in [1.165, 1.54) is 11.8 Å². The van der Waals surface area contributed by atoms with Crippen molar-refractivity contribution in [2.45, 2.75) is 31.3 Å². The summed E-state index contributed by atoms with van der Waals surface area (Å²) in [5, 5.41) is 12.0. The maximum Gasteiger partial charge on any atom is 0.224 e. The number of fused-ring (bicyclic) bond motifs is 1. The van der Waals surface area contributed by atoms with Crippen LogP contribution in [0.1, 0.15) is 34.5 Å². The molecule has 0 bridgehead atoms. The Balaban J connectivity index is 1.47. The first-order chi connectivity index (χ1) is 13.5. The zero-order valence-electron chi connectivity index (χ0n) is 15.7. The number of rotatable bonds is 5. The molecular formula is C20H20N4O3S. The summed E-state index contributed by atoms with van der Waals surface area (Å²) in [6.07, 6.45) is 3.72. The van der Waals surface area contributed by atoms with Crippen LogP contribution in [-0.4, -0.2) is 32.2 Å². The summed E-state index contributed by atoms with van der Waals surface area (Å²) in [6, 6.07) is 7.33. The molecule has 3 heterocycles. The molecule has 0 atom stereocenters. The average molecular weight is 396 g/mol. The second kappa shape index (κ2) is 7.63. The number of Topliss-reactive ketones (excluding diaryl/α,β-unsaturated/α-hetero) is 1. The van der Waals surface area contributed by atoms with Crippen LogP contribution in [0.4, 0.5) is 5.69 Å². The van der Waals surface area contributed by atoms with Gasteiger partial charge in [0.1, 0.15) is 5.76 Å². The highest BCUT2D eigenvalue weighted by Gasteiger charge is 2.18. The Hall–Kier alpha value is -2.87. The molecule has 3 aromatic rings. The lowest BCUT2D eigenvalue weighted by Gasteiger charge is -2.09. The van der Waals surface area contributed by atoms with Gasteiger partial charge < -0.3 is 14.3 Å². The van der Waals surface area contributed by atoms with Crippen molar-refractivity contribution in [2.75, 3.05) is 11.1 Å². The zero-order chi connectivity index (χ0) is 19.7. The zero-order valence-corrected chi connectivity index (χ0v) is 16.5. The van der Waals surface area contributed by atoms with Gasteiger partial charge in [-0.15, -0.1) is 10.2 Å². The Morgan fingerprint density at radius 3 is 2.93 bits per heavy atom. The average Bonchev–Trinajstić information content (AvgIpc) is 3.19. The molecule has 0 radical (unpaired) electrons. The van der Waals surface area contributed by atoms with Crippen molar-refractivity contribution in [3.63, 3.8) is 0 Å². The van der Waals surface area contributed by atoms with Gasteiger partial charge in [0.05, 0.1) is 17.6 Å². The summed E-state index contributed by atoms with van der Waals surface area (Å²) < 4.78 is 7.20. The van der Waals surface area contributed by atoms with E-state index in [4.69, 9.17) is 4.42 Å². The molecule has 0 fully saturated rings. The van der Waals surface area contributed by atoms with Gasteiger partial charge in [0.2, 0.25) is 5.91 Å². The predicted octanol–water partition coefficient (Wildman–Crippen LogP) is 3.63. The third kappa shape index (κ3) is 3.60. The first-order valence-corrected chi connectivity index (χ1v) is 10.0. The third-order valence-electron chi connectivity index (χ3n) is 4.82. The van der Waals surface area contributed by atoms with Gasteiger partial charge in [0.15, 0.2) is 16.8 Å². The van der Waals surface area contributed by atoms with Crippen LogP contribution in [0.5, 0.6) is 0 Å². The Labute approximate surface area is 166 Å². The molecule has 1 aliphatic rings. The minimum Gasteiger partial charge on any atom is -0.469 e. The molecule has 1 aliphatic heterocycles. The van der Waals surface area contributed by atoms with Gasteiger partial charge in [-0.25, -0.2) is 0 Å². The number of nitrogens with zero attached hydrogens (tertiary/aromatic N) is 3. The van der Waals surface area contributed by atoms with Crippen LogP contribution in [0.3, 0.4) is 0 Å². The minimum atomic E-state index is 0.0208. The molecule has 0 unspecified atom stereocenters. The monoisotopic (exact) mass is 396 g/mol. The first kappa shape index (κ1) is 18.5. The van der Waals surface area contributed by atoms with Crippen LogP contribution in [0.15, 0.2) is 40.1 Å². The molecule has 0 saturated heterocycles. The Morgan fingerprint density at radius 1 is 1.29 bits per heavy atom. The largest absolute Gasteiger partial charge is 0.469 e. The Bertz CT molecular complexity index is 1050. The fraction of sp³-hybridized carbons (Fsp3) is 0.300. The van der Waals surface area contributed by atoms with Crippen LogP contribution in [0, 0.1) is 6.92 Å². The molecule has 0 saturated carbocycles. The van der Waals surface area contributed by atoms with Crippen molar-refractivity contribution < 1.29 is 14.0 Å². The number of furan rings is 1. The smallest absolute Gasteiger partial charge is 0.224 e. The quantitative estimate of drug-likeness (QED) is 0.523. The van der Waals surface area contributed by atoms with E-state index >= 15 is 0 Å². The predicted molar refractivity (Wildman–Crippen MR) is 107 cm³/mol. The standard InChI is InChI=1S/C20H20N4O3S/c1-12-15(8-9-27-12)19-22-23-20(24(19)2)28-11-17(25)14-6-7-16-13(10-14)4-3-5-18(26)21-16/h6-10H,3-5,11H2,1-2H3,(H,21,26). The lowest BCUT2D eigenvalue weighted by Crippen LogP contribution is -2.10. The molecule has 1 amide bonds. The van der Waals surface area contributed by atoms with Crippen molar-refractivity contribution in [1.82, 2.24) is 14.8 Å². The molecule has 2 aromatic heterocycles. The number of anilines is 1. The molecule has 4 rings (SSSR count).